The van der Waals surface area contributed by atoms with Crippen molar-refractivity contribution < 1.29 is 18.0 Å². The number of alkyl halides is 3. The lowest BCUT2D eigenvalue weighted by Gasteiger charge is -2.43. The molecule has 2 fully saturated rings. The molecule has 2 aliphatic rings. The first kappa shape index (κ1) is 22.8. The summed E-state index contributed by atoms with van der Waals surface area (Å²) in [6, 6.07) is 14.4. The van der Waals surface area contributed by atoms with Crippen molar-refractivity contribution in [2.45, 2.75) is 50.2 Å². The molecular formula is C24H19F3N4OS. The van der Waals surface area contributed by atoms with Crippen LogP contribution in [-0.4, -0.2) is 16.6 Å². The molecule has 33 heavy (non-hydrogen) atoms. The molecule has 1 spiro atoms. The number of amides is 1. The van der Waals surface area contributed by atoms with Gasteiger partial charge in [-0.2, -0.15) is 23.7 Å². The number of hydrogen-bond donors (Lipinski definition) is 0. The molecule has 5 nitrogen and oxygen atoms in total. The van der Waals surface area contributed by atoms with E-state index in [0.717, 1.165) is 41.9 Å². The number of rotatable bonds is 5. The summed E-state index contributed by atoms with van der Waals surface area (Å²) in [6.07, 6.45) is -0.861. The number of carbonyl (C=O) groups excluding carboxylic acids is 1. The minimum absolute atomic E-state index is 0.00164. The van der Waals surface area contributed by atoms with Crippen molar-refractivity contribution in [3.8, 4) is 12.1 Å². The molecule has 0 aromatic heterocycles. The number of hydrogen-bond acceptors (Lipinski definition) is 4. The van der Waals surface area contributed by atoms with Gasteiger partial charge in [-0.1, -0.05) is 12.1 Å². The van der Waals surface area contributed by atoms with Gasteiger partial charge in [0.2, 0.25) is 0 Å². The van der Waals surface area contributed by atoms with E-state index < -0.39 is 22.8 Å². The van der Waals surface area contributed by atoms with Crippen LogP contribution in [0.1, 0.15) is 48.8 Å². The van der Waals surface area contributed by atoms with Crippen LogP contribution in [0, 0.1) is 22.7 Å². The number of anilines is 2. The summed E-state index contributed by atoms with van der Waals surface area (Å²) in [5.41, 5.74) is -0.771. The Labute approximate surface area is 194 Å². The Kier molecular flexibility index (Phi) is 5.85. The maximum Gasteiger partial charge on any atom is 0.417 e. The molecule has 2 aromatic rings. The molecule has 0 bridgehead atoms. The van der Waals surface area contributed by atoms with Gasteiger partial charge < -0.3 is 4.90 Å². The van der Waals surface area contributed by atoms with Gasteiger partial charge in [0.15, 0.2) is 5.11 Å². The number of nitrogens with zero attached hydrogens (tertiary/aromatic N) is 4. The van der Waals surface area contributed by atoms with E-state index in [9.17, 15) is 18.0 Å². The number of carbonyl (C=O) groups is 1. The van der Waals surface area contributed by atoms with Crippen LogP contribution in [0.2, 0.25) is 0 Å². The average molecular weight is 469 g/mol. The SMILES string of the molecule is N#CCCCc1ccc(N2C(=S)N(c3ccc(C#N)c(C(F)(F)F)c3)C(=O)C23CCC3)cc1. The molecule has 0 radical (unpaired) electrons. The van der Waals surface area contributed by atoms with Gasteiger partial charge in [-0.25, -0.2) is 0 Å². The number of unbranched alkanes of at least 4 members (excludes halogenated alkanes) is 1. The van der Waals surface area contributed by atoms with E-state index in [1.165, 1.54) is 6.07 Å². The van der Waals surface area contributed by atoms with Crippen LogP contribution in [-0.2, 0) is 17.4 Å². The van der Waals surface area contributed by atoms with Crippen molar-refractivity contribution in [3.05, 3.63) is 59.2 Å². The minimum atomic E-state index is -4.74. The van der Waals surface area contributed by atoms with Gasteiger partial charge in [-0.3, -0.25) is 9.69 Å². The second-order valence-electron chi connectivity index (χ2n) is 8.16. The predicted molar refractivity (Wildman–Crippen MR) is 120 cm³/mol. The molecule has 1 aliphatic carbocycles. The molecule has 0 atom stereocenters. The monoisotopic (exact) mass is 468 g/mol. The zero-order valence-corrected chi connectivity index (χ0v) is 18.3. The van der Waals surface area contributed by atoms with E-state index in [-0.39, 0.29) is 16.7 Å². The summed E-state index contributed by atoms with van der Waals surface area (Å²) < 4.78 is 40.5. The summed E-state index contributed by atoms with van der Waals surface area (Å²) in [6.45, 7) is 0. The Hall–Kier alpha value is -3.43. The highest BCUT2D eigenvalue weighted by molar-refractivity contribution is 7.81. The van der Waals surface area contributed by atoms with Crippen LogP contribution in [0.25, 0.3) is 0 Å². The Morgan fingerprint density at radius 3 is 2.27 bits per heavy atom. The third kappa shape index (κ3) is 3.83. The highest BCUT2D eigenvalue weighted by atomic mass is 32.1. The second-order valence-corrected chi connectivity index (χ2v) is 8.53. The van der Waals surface area contributed by atoms with E-state index in [4.69, 9.17) is 22.7 Å². The van der Waals surface area contributed by atoms with Crippen LogP contribution in [0.15, 0.2) is 42.5 Å². The highest BCUT2D eigenvalue weighted by Gasteiger charge is 2.59. The molecule has 4 rings (SSSR count). The fourth-order valence-electron chi connectivity index (χ4n) is 4.39. The second kappa shape index (κ2) is 8.49. The lowest BCUT2D eigenvalue weighted by atomic mass is 9.75. The first-order chi connectivity index (χ1) is 15.7. The van der Waals surface area contributed by atoms with Gasteiger partial charge in [-0.05, 0) is 80.2 Å². The summed E-state index contributed by atoms with van der Waals surface area (Å²) in [5.74, 6) is -0.352. The van der Waals surface area contributed by atoms with Crippen LogP contribution in [0.5, 0.6) is 0 Å². The predicted octanol–water partition coefficient (Wildman–Crippen LogP) is 5.48. The van der Waals surface area contributed by atoms with Crippen LogP contribution >= 0.6 is 12.2 Å². The smallest absolute Gasteiger partial charge is 0.303 e. The van der Waals surface area contributed by atoms with E-state index in [0.29, 0.717) is 24.9 Å². The van der Waals surface area contributed by atoms with E-state index in [2.05, 4.69) is 6.07 Å². The van der Waals surface area contributed by atoms with Crippen molar-refractivity contribution >= 4 is 34.6 Å². The number of thiocarbonyl (C=S) groups is 1. The molecular weight excluding hydrogens is 449 g/mol. The van der Waals surface area contributed by atoms with E-state index in [1.807, 2.05) is 24.3 Å². The molecule has 0 unspecified atom stereocenters. The molecule has 168 valence electrons. The summed E-state index contributed by atoms with van der Waals surface area (Å²) >= 11 is 5.62. The molecule has 2 aromatic carbocycles. The molecule has 1 saturated heterocycles. The fourth-order valence-corrected chi connectivity index (χ4v) is 4.86. The molecule has 1 aliphatic heterocycles. The third-order valence-electron chi connectivity index (χ3n) is 6.23. The maximum absolute atomic E-state index is 13.5. The van der Waals surface area contributed by atoms with Crippen molar-refractivity contribution in [2.75, 3.05) is 9.80 Å². The van der Waals surface area contributed by atoms with Crippen LogP contribution in [0.4, 0.5) is 24.5 Å². The molecule has 1 saturated carbocycles. The molecule has 1 heterocycles. The first-order valence-electron chi connectivity index (χ1n) is 10.5. The zero-order chi connectivity index (χ0) is 23.8. The van der Waals surface area contributed by atoms with Crippen molar-refractivity contribution in [2.24, 2.45) is 0 Å². The fraction of sp³-hybridized carbons (Fsp3) is 0.333. The Morgan fingerprint density at radius 1 is 1.06 bits per heavy atom. The van der Waals surface area contributed by atoms with Gasteiger partial charge in [0.25, 0.3) is 5.91 Å². The van der Waals surface area contributed by atoms with E-state index >= 15 is 0 Å². The molecule has 9 heteroatoms. The van der Waals surface area contributed by atoms with E-state index in [1.54, 1.807) is 11.0 Å². The maximum atomic E-state index is 13.5. The third-order valence-corrected chi connectivity index (χ3v) is 6.59. The van der Waals surface area contributed by atoms with Crippen molar-refractivity contribution in [3.63, 3.8) is 0 Å². The van der Waals surface area contributed by atoms with Gasteiger partial charge in [0.1, 0.15) is 5.54 Å². The largest absolute Gasteiger partial charge is 0.417 e. The van der Waals surface area contributed by atoms with Gasteiger partial charge >= 0.3 is 6.18 Å². The lowest BCUT2D eigenvalue weighted by Crippen LogP contribution is -2.55. The van der Waals surface area contributed by atoms with Crippen LogP contribution in [0.3, 0.4) is 0 Å². The summed E-state index contributed by atoms with van der Waals surface area (Å²) in [7, 11) is 0. The number of aryl methyl sites for hydroxylation is 1. The van der Waals surface area contributed by atoms with Gasteiger partial charge in [0, 0.05) is 12.1 Å². The standard InChI is InChI=1S/C24H19F3N4OS/c25-24(26,27)20-14-19(10-7-17(20)15-29)30-21(32)23(11-3-12-23)31(22(30)33)18-8-5-16(6-9-18)4-1-2-13-28/h5-10,14H,1-4,11-12H2. The highest BCUT2D eigenvalue weighted by Crippen LogP contribution is 2.48. The van der Waals surface area contributed by atoms with Crippen LogP contribution < -0.4 is 9.80 Å². The van der Waals surface area contributed by atoms with Gasteiger partial charge in [-0.15, -0.1) is 0 Å². The quantitative estimate of drug-likeness (QED) is 0.429. The Morgan fingerprint density at radius 2 is 1.73 bits per heavy atom. The Balaban J connectivity index is 1.70. The molecule has 1 amide bonds. The van der Waals surface area contributed by atoms with Crippen molar-refractivity contribution in [1.82, 2.24) is 0 Å². The topological polar surface area (TPSA) is 71.1 Å². The Bertz CT molecular complexity index is 1190. The summed E-state index contributed by atoms with van der Waals surface area (Å²) in [5, 5.41) is 17.9. The number of nitriles is 2. The minimum Gasteiger partial charge on any atom is -0.303 e. The number of benzene rings is 2. The molecule has 0 N–H and O–H groups in total. The zero-order valence-electron chi connectivity index (χ0n) is 17.5. The average Bonchev–Trinajstić information content (AvgIpc) is 3.00. The lowest BCUT2D eigenvalue weighted by molar-refractivity contribution is -0.137. The number of halogens is 3. The van der Waals surface area contributed by atoms with Gasteiger partial charge in [0.05, 0.1) is 29.0 Å². The summed E-state index contributed by atoms with van der Waals surface area (Å²) in [4.78, 5) is 16.4. The normalized spacial score (nSPS) is 17.1. The first-order valence-corrected chi connectivity index (χ1v) is 10.9. The van der Waals surface area contributed by atoms with Crippen molar-refractivity contribution in [1.29, 1.82) is 10.5 Å².